The second-order valence-corrected chi connectivity index (χ2v) is 5.96. The van der Waals surface area contributed by atoms with Crippen molar-refractivity contribution in [3.05, 3.63) is 32.0 Å². The van der Waals surface area contributed by atoms with Crippen molar-refractivity contribution in [3.8, 4) is 0 Å². The van der Waals surface area contributed by atoms with Gasteiger partial charge in [0, 0.05) is 13.0 Å². The molecule has 1 N–H and O–H groups in total. The number of aryl methyl sites for hydroxylation is 2. The fourth-order valence-corrected chi connectivity index (χ4v) is 2.88. The Morgan fingerprint density at radius 1 is 1.50 bits per heavy atom. The van der Waals surface area contributed by atoms with Crippen LogP contribution in [-0.2, 0) is 13.0 Å². The minimum Gasteiger partial charge on any atom is -0.386 e. The van der Waals surface area contributed by atoms with Crippen LogP contribution in [0.25, 0.3) is 0 Å². The molecule has 0 radical (unpaired) electrons. The first kappa shape index (κ1) is 13.8. The van der Waals surface area contributed by atoms with Crippen molar-refractivity contribution in [2.24, 2.45) is 0 Å². The first-order valence-corrected chi connectivity index (χ1v) is 7.11. The molecule has 0 aliphatic rings. The van der Waals surface area contributed by atoms with Crippen LogP contribution in [0.4, 0.5) is 0 Å². The van der Waals surface area contributed by atoms with E-state index in [9.17, 15) is 5.11 Å². The molecular weight excluding hydrogens is 293 g/mol. The summed E-state index contributed by atoms with van der Waals surface area (Å²) in [6.07, 6.45) is 1.22. The monoisotopic (exact) mass is 305 g/mol. The Labute approximate surface area is 119 Å². The maximum Gasteiger partial charge on any atom is 0.123 e. The number of hydrogen-bond acceptors (Lipinski definition) is 4. The van der Waals surface area contributed by atoms with Crippen molar-refractivity contribution >= 4 is 34.5 Å². The lowest BCUT2D eigenvalue weighted by atomic mass is 10.2. The lowest BCUT2D eigenvalue weighted by Gasteiger charge is -2.09. The Hall–Kier alpha value is -0.620. The molecule has 0 amide bonds. The molecule has 18 heavy (non-hydrogen) atoms. The quantitative estimate of drug-likeness (QED) is 0.943. The summed E-state index contributed by atoms with van der Waals surface area (Å²) in [6, 6.07) is 0. The van der Waals surface area contributed by atoms with Crippen LogP contribution in [0.2, 0.25) is 9.36 Å². The molecule has 0 aliphatic heterocycles. The van der Waals surface area contributed by atoms with Crippen LogP contribution in [-0.4, -0.2) is 19.9 Å². The average molecular weight is 306 g/mol. The van der Waals surface area contributed by atoms with Crippen molar-refractivity contribution < 1.29 is 5.11 Å². The fourth-order valence-electron chi connectivity index (χ4n) is 1.76. The highest BCUT2D eigenvalue weighted by molar-refractivity contribution is 7.15. The topological polar surface area (TPSA) is 50.9 Å². The van der Waals surface area contributed by atoms with Crippen molar-refractivity contribution in [1.82, 2.24) is 14.8 Å². The van der Waals surface area contributed by atoms with Crippen LogP contribution in [0.5, 0.6) is 0 Å². The minimum atomic E-state index is -0.707. The Bertz CT molecular complexity index is 552. The molecule has 7 heteroatoms. The van der Waals surface area contributed by atoms with Crippen LogP contribution in [0.1, 0.15) is 29.4 Å². The Morgan fingerprint density at radius 2 is 2.22 bits per heavy atom. The summed E-state index contributed by atoms with van der Waals surface area (Å²) in [6.45, 7) is 4.55. The van der Waals surface area contributed by atoms with Crippen LogP contribution < -0.4 is 0 Å². The van der Waals surface area contributed by atoms with Gasteiger partial charge in [0.25, 0.3) is 0 Å². The van der Waals surface area contributed by atoms with Gasteiger partial charge in [-0.2, -0.15) is 5.10 Å². The maximum atomic E-state index is 10.1. The van der Waals surface area contributed by atoms with Crippen molar-refractivity contribution in [2.75, 3.05) is 0 Å². The molecule has 2 aromatic rings. The number of aliphatic hydroxyl groups excluding tert-OH is 1. The van der Waals surface area contributed by atoms with Crippen molar-refractivity contribution in [2.45, 2.75) is 32.9 Å². The molecule has 1 unspecified atom stereocenters. The van der Waals surface area contributed by atoms with Crippen LogP contribution in [0, 0.1) is 6.92 Å². The molecule has 0 aliphatic carbocycles. The van der Waals surface area contributed by atoms with Gasteiger partial charge in [0.05, 0.1) is 22.6 Å². The van der Waals surface area contributed by atoms with Gasteiger partial charge in [0.1, 0.15) is 15.4 Å². The van der Waals surface area contributed by atoms with E-state index in [-0.39, 0.29) is 0 Å². The summed E-state index contributed by atoms with van der Waals surface area (Å²) in [4.78, 5) is 4.07. The van der Waals surface area contributed by atoms with Gasteiger partial charge in [0.15, 0.2) is 0 Å². The highest BCUT2D eigenvalue weighted by atomic mass is 35.5. The van der Waals surface area contributed by atoms with Crippen molar-refractivity contribution in [1.29, 1.82) is 0 Å². The predicted octanol–water partition coefficient (Wildman–Crippen LogP) is 3.25. The summed E-state index contributed by atoms with van der Waals surface area (Å²) in [5.74, 6) is 0. The summed E-state index contributed by atoms with van der Waals surface area (Å²) >= 11 is 13.3. The molecule has 2 rings (SSSR count). The standard InChI is InChI=1S/C11H13Cl2N3OS/c1-3-16-7(10(13)6(2)15-16)4-8(17)11-14-5-9(12)18-11/h5,8,17H,3-4H2,1-2H3. The summed E-state index contributed by atoms with van der Waals surface area (Å²) in [7, 11) is 0. The zero-order valence-electron chi connectivity index (χ0n) is 10.0. The zero-order chi connectivity index (χ0) is 13.3. The smallest absolute Gasteiger partial charge is 0.123 e. The molecule has 1 atom stereocenters. The highest BCUT2D eigenvalue weighted by Crippen LogP contribution is 2.29. The second kappa shape index (κ2) is 5.57. The number of hydrogen-bond donors (Lipinski definition) is 1. The van der Waals surface area contributed by atoms with Gasteiger partial charge in [-0.15, -0.1) is 11.3 Å². The molecule has 0 aromatic carbocycles. The average Bonchev–Trinajstić information content (AvgIpc) is 2.88. The van der Waals surface area contributed by atoms with Gasteiger partial charge in [0.2, 0.25) is 0 Å². The summed E-state index contributed by atoms with van der Waals surface area (Å²) < 4.78 is 2.37. The third kappa shape index (κ3) is 2.69. The largest absolute Gasteiger partial charge is 0.386 e. The number of nitrogens with zero attached hydrogens (tertiary/aromatic N) is 3. The maximum absolute atomic E-state index is 10.1. The van der Waals surface area contributed by atoms with Gasteiger partial charge in [-0.25, -0.2) is 4.98 Å². The number of halogens is 2. The molecule has 0 saturated heterocycles. The van der Waals surface area contributed by atoms with Gasteiger partial charge in [-0.3, -0.25) is 4.68 Å². The molecule has 0 fully saturated rings. The zero-order valence-corrected chi connectivity index (χ0v) is 12.4. The molecule has 0 bridgehead atoms. The Morgan fingerprint density at radius 3 is 2.78 bits per heavy atom. The Balaban J connectivity index is 2.23. The summed E-state index contributed by atoms with van der Waals surface area (Å²) in [5.41, 5.74) is 1.60. The predicted molar refractivity (Wildman–Crippen MR) is 73.4 cm³/mol. The number of aromatic nitrogens is 3. The molecular formula is C11H13Cl2N3OS. The third-order valence-electron chi connectivity index (χ3n) is 2.62. The van der Waals surface area contributed by atoms with Crippen LogP contribution in [0.3, 0.4) is 0 Å². The first-order valence-electron chi connectivity index (χ1n) is 5.54. The fraction of sp³-hybridized carbons (Fsp3) is 0.455. The van der Waals surface area contributed by atoms with E-state index in [0.29, 0.717) is 27.3 Å². The normalized spacial score (nSPS) is 12.9. The van der Waals surface area contributed by atoms with Gasteiger partial charge in [-0.05, 0) is 13.8 Å². The highest BCUT2D eigenvalue weighted by Gasteiger charge is 2.19. The van der Waals surface area contributed by atoms with E-state index in [1.54, 1.807) is 4.68 Å². The lowest BCUT2D eigenvalue weighted by molar-refractivity contribution is 0.175. The minimum absolute atomic E-state index is 0.386. The van der Waals surface area contributed by atoms with Gasteiger partial charge >= 0.3 is 0 Å². The first-order chi connectivity index (χ1) is 8.52. The number of aliphatic hydroxyl groups is 1. The van der Waals surface area contributed by atoms with E-state index in [4.69, 9.17) is 23.2 Å². The van der Waals surface area contributed by atoms with Gasteiger partial charge in [-0.1, -0.05) is 23.2 Å². The van der Waals surface area contributed by atoms with E-state index in [2.05, 4.69) is 10.1 Å². The van der Waals surface area contributed by atoms with Gasteiger partial charge < -0.3 is 5.11 Å². The number of thiazole rings is 1. The number of rotatable bonds is 4. The molecule has 0 saturated carbocycles. The molecule has 2 aromatic heterocycles. The van der Waals surface area contributed by atoms with E-state index in [1.165, 1.54) is 17.5 Å². The van der Waals surface area contributed by atoms with Crippen LogP contribution >= 0.6 is 34.5 Å². The van der Waals surface area contributed by atoms with E-state index in [1.807, 2.05) is 13.8 Å². The second-order valence-electron chi connectivity index (χ2n) is 3.88. The summed E-state index contributed by atoms with van der Waals surface area (Å²) in [5, 5.41) is 15.6. The molecule has 2 heterocycles. The lowest BCUT2D eigenvalue weighted by Crippen LogP contribution is -2.08. The van der Waals surface area contributed by atoms with E-state index in [0.717, 1.165) is 11.4 Å². The van der Waals surface area contributed by atoms with Crippen molar-refractivity contribution in [3.63, 3.8) is 0 Å². The van der Waals surface area contributed by atoms with E-state index < -0.39 is 6.10 Å². The van der Waals surface area contributed by atoms with Crippen LogP contribution in [0.15, 0.2) is 6.20 Å². The SMILES string of the molecule is CCn1nc(C)c(Cl)c1CC(O)c1ncc(Cl)s1. The molecule has 4 nitrogen and oxygen atoms in total. The molecule has 0 spiro atoms. The Kier molecular flexibility index (Phi) is 4.27. The molecule has 98 valence electrons. The third-order valence-corrected chi connectivity index (χ3v) is 4.33. The van der Waals surface area contributed by atoms with E-state index >= 15 is 0 Å².